The summed E-state index contributed by atoms with van der Waals surface area (Å²) < 4.78 is 1.81. The fourth-order valence-corrected chi connectivity index (χ4v) is 2.56. The lowest BCUT2D eigenvalue weighted by Gasteiger charge is -2.10. The molecule has 3 aromatic rings. The Hall–Kier alpha value is -2.68. The van der Waals surface area contributed by atoms with E-state index in [4.69, 9.17) is 21.1 Å². The van der Waals surface area contributed by atoms with Crippen molar-refractivity contribution in [1.29, 1.82) is 0 Å². The standard InChI is InChI=1S/C16H19N5.C4H10O3/c1-11(2)13-10-19-21-15(8-14(17)20-16(13)21)18-9-12-6-4-3-5-7-12;5-2-1-4(7)3-6/h3-8,10-11,18H,9H2,1-2H3,(H2,17,20);4-7H,1-3H2. The average molecular weight is 387 g/mol. The first kappa shape index (κ1) is 21.6. The first-order valence-electron chi connectivity index (χ1n) is 9.28. The van der Waals surface area contributed by atoms with E-state index in [2.05, 4.69) is 41.4 Å². The highest BCUT2D eigenvalue weighted by Gasteiger charge is 2.12. The minimum absolute atomic E-state index is 0.0677. The molecule has 8 heteroatoms. The van der Waals surface area contributed by atoms with Gasteiger partial charge in [0.15, 0.2) is 5.65 Å². The predicted octanol–water partition coefficient (Wildman–Crippen LogP) is 1.77. The molecule has 152 valence electrons. The first-order valence-corrected chi connectivity index (χ1v) is 9.28. The van der Waals surface area contributed by atoms with Crippen LogP contribution in [-0.4, -0.2) is 49.2 Å². The maximum atomic E-state index is 8.45. The number of nitrogen functional groups attached to an aromatic ring is 1. The number of hydrogen-bond donors (Lipinski definition) is 5. The van der Waals surface area contributed by atoms with Crippen molar-refractivity contribution in [2.45, 2.75) is 38.8 Å². The summed E-state index contributed by atoms with van der Waals surface area (Å²) in [4.78, 5) is 4.41. The van der Waals surface area contributed by atoms with Crippen LogP contribution in [-0.2, 0) is 6.54 Å². The molecular weight excluding hydrogens is 358 g/mol. The molecule has 0 amide bonds. The van der Waals surface area contributed by atoms with Crippen molar-refractivity contribution in [3.8, 4) is 0 Å². The summed E-state index contributed by atoms with van der Waals surface area (Å²) in [5, 5.41) is 32.5. The summed E-state index contributed by atoms with van der Waals surface area (Å²) in [6, 6.07) is 12.0. The number of fused-ring (bicyclic) bond motifs is 1. The van der Waals surface area contributed by atoms with E-state index in [9.17, 15) is 0 Å². The molecule has 0 radical (unpaired) electrons. The summed E-state index contributed by atoms with van der Waals surface area (Å²) in [5.74, 6) is 1.72. The number of hydrogen-bond acceptors (Lipinski definition) is 7. The van der Waals surface area contributed by atoms with Crippen LogP contribution in [0.5, 0.6) is 0 Å². The van der Waals surface area contributed by atoms with Crippen LogP contribution in [0.1, 0.15) is 37.3 Å². The second-order valence-corrected chi connectivity index (χ2v) is 6.74. The summed E-state index contributed by atoms with van der Waals surface area (Å²) >= 11 is 0. The fourth-order valence-electron chi connectivity index (χ4n) is 2.56. The maximum Gasteiger partial charge on any atom is 0.163 e. The highest BCUT2D eigenvalue weighted by atomic mass is 16.3. The predicted molar refractivity (Wildman–Crippen MR) is 110 cm³/mol. The van der Waals surface area contributed by atoms with Gasteiger partial charge in [0.1, 0.15) is 11.6 Å². The first-order chi connectivity index (χ1) is 13.5. The van der Waals surface area contributed by atoms with E-state index < -0.39 is 6.10 Å². The Balaban J connectivity index is 0.000000345. The van der Waals surface area contributed by atoms with Crippen LogP contribution < -0.4 is 11.1 Å². The Morgan fingerprint density at radius 2 is 1.89 bits per heavy atom. The zero-order valence-corrected chi connectivity index (χ0v) is 16.3. The smallest absolute Gasteiger partial charge is 0.163 e. The van der Waals surface area contributed by atoms with E-state index in [1.807, 2.05) is 35.0 Å². The second-order valence-electron chi connectivity index (χ2n) is 6.74. The third-order valence-corrected chi connectivity index (χ3v) is 4.13. The molecular formula is C20H29N5O3. The number of rotatable bonds is 7. The summed E-state index contributed by atoms with van der Waals surface area (Å²) in [6.45, 7) is 4.64. The maximum absolute atomic E-state index is 8.45. The van der Waals surface area contributed by atoms with E-state index in [1.54, 1.807) is 0 Å². The van der Waals surface area contributed by atoms with Crippen LogP contribution in [0.2, 0.25) is 0 Å². The molecule has 1 unspecified atom stereocenters. The quantitative estimate of drug-likeness (QED) is 0.418. The van der Waals surface area contributed by atoms with Crippen LogP contribution >= 0.6 is 0 Å². The Bertz CT molecular complexity index is 852. The van der Waals surface area contributed by atoms with Crippen molar-refractivity contribution in [3.05, 3.63) is 53.7 Å². The molecule has 0 aliphatic rings. The molecule has 1 aromatic carbocycles. The van der Waals surface area contributed by atoms with E-state index in [1.165, 1.54) is 5.56 Å². The van der Waals surface area contributed by atoms with Gasteiger partial charge in [0, 0.05) is 24.8 Å². The largest absolute Gasteiger partial charge is 0.396 e. The number of aliphatic hydroxyl groups is 3. The SMILES string of the molecule is CC(C)c1cnn2c(NCc3ccccc3)cc(N)nc12.OCCC(O)CO. The number of aliphatic hydroxyl groups excluding tert-OH is 3. The monoisotopic (exact) mass is 387 g/mol. The van der Waals surface area contributed by atoms with Gasteiger partial charge in [-0.25, -0.2) is 4.98 Å². The number of nitrogens with two attached hydrogens (primary N) is 1. The van der Waals surface area contributed by atoms with Crippen LogP contribution in [0.3, 0.4) is 0 Å². The Morgan fingerprint density at radius 1 is 1.18 bits per heavy atom. The summed E-state index contributed by atoms with van der Waals surface area (Å²) in [7, 11) is 0. The summed E-state index contributed by atoms with van der Waals surface area (Å²) in [5.41, 5.74) is 9.06. The molecule has 3 rings (SSSR count). The molecule has 2 heterocycles. The average Bonchev–Trinajstić information content (AvgIpc) is 3.11. The number of nitrogens with zero attached hydrogens (tertiary/aromatic N) is 3. The molecule has 1 atom stereocenters. The van der Waals surface area contributed by atoms with Gasteiger partial charge in [0.05, 0.1) is 18.9 Å². The van der Waals surface area contributed by atoms with Gasteiger partial charge in [0.25, 0.3) is 0 Å². The van der Waals surface area contributed by atoms with Crippen molar-refractivity contribution in [2.24, 2.45) is 0 Å². The highest BCUT2D eigenvalue weighted by molar-refractivity contribution is 5.59. The molecule has 0 aliphatic carbocycles. The number of nitrogens with one attached hydrogen (secondary N) is 1. The van der Waals surface area contributed by atoms with Gasteiger partial charge in [-0.1, -0.05) is 44.2 Å². The third-order valence-electron chi connectivity index (χ3n) is 4.13. The molecule has 0 saturated carbocycles. The molecule has 2 aromatic heterocycles. The molecule has 0 fully saturated rings. The van der Waals surface area contributed by atoms with Crippen molar-refractivity contribution >= 4 is 17.3 Å². The fraction of sp³-hybridized carbons (Fsp3) is 0.400. The lowest BCUT2D eigenvalue weighted by atomic mass is 10.1. The van der Waals surface area contributed by atoms with E-state index in [0.717, 1.165) is 23.6 Å². The van der Waals surface area contributed by atoms with Crippen molar-refractivity contribution in [3.63, 3.8) is 0 Å². The molecule has 0 aliphatic heterocycles. The number of aromatic nitrogens is 3. The molecule has 8 nitrogen and oxygen atoms in total. The van der Waals surface area contributed by atoms with Crippen molar-refractivity contribution in [1.82, 2.24) is 14.6 Å². The molecule has 6 N–H and O–H groups in total. The Labute approximate surface area is 164 Å². The number of anilines is 2. The lowest BCUT2D eigenvalue weighted by Crippen LogP contribution is -2.12. The highest BCUT2D eigenvalue weighted by Crippen LogP contribution is 2.23. The molecule has 0 saturated heterocycles. The van der Waals surface area contributed by atoms with E-state index in [-0.39, 0.29) is 19.6 Å². The van der Waals surface area contributed by atoms with Crippen LogP contribution in [0.25, 0.3) is 5.65 Å². The van der Waals surface area contributed by atoms with Crippen molar-refractivity contribution < 1.29 is 15.3 Å². The van der Waals surface area contributed by atoms with Crippen LogP contribution in [0.4, 0.5) is 11.6 Å². The molecule has 28 heavy (non-hydrogen) atoms. The zero-order valence-electron chi connectivity index (χ0n) is 16.3. The zero-order chi connectivity index (χ0) is 20.5. The van der Waals surface area contributed by atoms with Crippen LogP contribution in [0.15, 0.2) is 42.6 Å². The van der Waals surface area contributed by atoms with Gasteiger partial charge in [-0.2, -0.15) is 9.61 Å². The van der Waals surface area contributed by atoms with Gasteiger partial charge in [0.2, 0.25) is 0 Å². The third kappa shape index (κ3) is 5.91. The second kappa shape index (κ2) is 10.6. The minimum atomic E-state index is -0.745. The molecule has 0 spiro atoms. The number of benzene rings is 1. The van der Waals surface area contributed by atoms with Gasteiger partial charge < -0.3 is 26.4 Å². The van der Waals surface area contributed by atoms with Gasteiger partial charge in [-0.3, -0.25) is 0 Å². The van der Waals surface area contributed by atoms with Gasteiger partial charge >= 0.3 is 0 Å². The topological polar surface area (TPSA) is 129 Å². The van der Waals surface area contributed by atoms with E-state index >= 15 is 0 Å². The Morgan fingerprint density at radius 3 is 2.46 bits per heavy atom. The van der Waals surface area contributed by atoms with Gasteiger partial charge in [-0.15, -0.1) is 0 Å². The van der Waals surface area contributed by atoms with Crippen molar-refractivity contribution in [2.75, 3.05) is 24.3 Å². The Kier molecular flexibility index (Phi) is 8.19. The van der Waals surface area contributed by atoms with E-state index in [0.29, 0.717) is 11.7 Å². The molecule has 0 bridgehead atoms. The normalized spacial score (nSPS) is 11.9. The lowest BCUT2D eigenvalue weighted by molar-refractivity contribution is 0.0721. The summed E-state index contributed by atoms with van der Waals surface area (Å²) in [6.07, 6.45) is 1.38. The minimum Gasteiger partial charge on any atom is -0.396 e. The van der Waals surface area contributed by atoms with Gasteiger partial charge in [-0.05, 0) is 17.9 Å². The van der Waals surface area contributed by atoms with Crippen LogP contribution in [0, 0.1) is 0 Å².